The molecule has 1 aromatic carbocycles. The molecule has 23 heavy (non-hydrogen) atoms. The van der Waals surface area contributed by atoms with Crippen molar-refractivity contribution in [3.63, 3.8) is 0 Å². The molecule has 1 aromatic heterocycles. The van der Waals surface area contributed by atoms with Gasteiger partial charge in [-0.05, 0) is 31.4 Å². The Morgan fingerprint density at radius 3 is 2.87 bits per heavy atom. The Bertz CT molecular complexity index is 724. The minimum absolute atomic E-state index is 0.0960. The molecule has 0 radical (unpaired) electrons. The lowest BCUT2D eigenvalue weighted by Crippen LogP contribution is -2.26. The van der Waals surface area contributed by atoms with Gasteiger partial charge in [0.15, 0.2) is 5.16 Å². The van der Waals surface area contributed by atoms with E-state index in [4.69, 9.17) is 5.11 Å². The fraction of sp³-hybridized carbons (Fsp3) is 0.438. The van der Waals surface area contributed by atoms with Crippen LogP contribution in [0.4, 0.5) is 0 Å². The number of rotatable bonds is 8. The molecule has 1 saturated carbocycles. The van der Waals surface area contributed by atoms with E-state index in [-0.39, 0.29) is 18.4 Å². The number of nitrogens with one attached hydrogen (secondary N) is 1. The number of imidazole rings is 1. The van der Waals surface area contributed by atoms with Gasteiger partial charge >= 0.3 is 5.97 Å². The maximum Gasteiger partial charge on any atom is 0.323 e. The van der Waals surface area contributed by atoms with Gasteiger partial charge in [-0.25, -0.2) is 4.98 Å². The van der Waals surface area contributed by atoms with Crippen molar-refractivity contribution in [2.45, 2.75) is 31.0 Å². The van der Waals surface area contributed by atoms with E-state index >= 15 is 0 Å². The highest BCUT2D eigenvalue weighted by Crippen LogP contribution is 2.28. The Hall–Kier alpha value is -2.02. The summed E-state index contributed by atoms with van der Waals surface area (Å²) in [5.41, 5.74) is 1.64. The number of carbonyl (C=O) groups is 2. The summed E-state index contributed by atoms with van der Waals surface area (Å²) in [6.07, 6.45) is 2.86. The topological polar surface area (TPSA) is 84.2 Å². The molecule has 1 fully saturated rings. The average Bonchev–Trinajstić information content (AvgIpc) is 3.32. The number of aliphatic carboxylic acids is 1. The standard InChI is InChI=1S/C16H19N3O3S/c20-14(21)10-19-13-5-2-1-4-12(13)18-16(19)23-9-3-8-17-15(22)11-6-7-11/h1-2,4-5,11H,3,6-10H2,(H,17,22)(H,20,21). The lowest BCUT2D eigenvalue weighted by Gasteiger charge is -2.06. The molecule has 0 bridgehead atoms. The van der Waals surface area contributed by atoms with Gasteiger partial charge in [0.05, 0.1) is 11.0 Å². The molecule has 1 amide bonds. The van der Waals surface area contributed by atoms with Gasteiger partial charge < -0.3 is 15.0 Å². The number of hydrogen-bond acceptors (Lipinski definition) is 4. The van der Waals surface area contributed by atoms with Gasteiger partial charge in [0.25, 0.3) is 0 Å². The lowest BCUT2D eigenvalue weighted by molar-refractivity contribution is -0.137. The second kappa shape index (κ2) is 7.04. The molecule has 0 atom stereocenters. The first kappa shape index (κ1) is 15.9. The number of hydrogen-bond donors (Lipinski definition) is 2. The van der Waals surface area contributed by atoms with E-state index in [0.29, 0.717) is 11.7 Å². The third-order valence-electron chi connectivity index (χ3n) is 3.71. The van der Waals surface area contributed by atoms with Gasteiger partial charge in [0.1, 0.15) is 6.54 Å². The molecule has 0 aliphatic heterocycles. The molecular formula is C16H19N3O3S. The van der Waals surface area contributed by atoms with E-state index < -0.39 is 5.97 Å². The van der Waals surface area contributed by atoms with E-state index in [2.05, 4.69) is 10.3 Å². The number of amides is 1. The zero-order valence-electron chi connectivity index (χ0n) is 12.7. The maximum atomic E-state index is 11.5. The monoisotopic (exact) mass is 333 g/mol. The molecule has 6 nitrogen and oxygen atoms in total. The number of carboxylic acids is 1. The zero-order valence-corrected chi connectivity index (χ0v) is 13.5. The molecule has 1 aliphatic rings. The number of carbonyl (C=O) groups excluding carboxylic acids is 1. The number of nitrogens with zero attached hydrogens (tertiary/aromatic N) is 2. The maximum absolute atomic E-state index is 11.5. The first-order chi connectivity index (χ1) is 11.1. The van der Waals surface area contributed by atoms with Gasteiger partial charge in [-0.3, -0.25) is 9.59 Å². The van der Waals surface area contributed by atoms with E-state index in [0.717, 1.165) is 36.0 Å². The number of aromatic nitrogens is 2. The largest absolute Gasteiger partial charge is 0.480 e. The highest BCUT2D eigenvalue weighted by atomic mass is 32.2. The first-order valence-electron chi connectivity index (χ1n) is 7.72. The molecule has 2 N–H and O–H groups in total. The number of thioether (sulfide) groups is 1. The molecule has 0 unspecified atom stereocenters. The van der Waals surface area contributed by atoms with Gasteiger partial charge in [-0.2, -0.15) is 0 Å². The molecule has 1 aliphatic carbocycles. The van der Waals surface area contributed by atoms with Crippen LogP contribution in [0.3, 0.4) is 0 Å². The van der Waals surface area contributed by atoms with Gasteiger partial charge in [0.2, 0.25) is 5.91 Å². The van der Waals surface area contributed by atoms with E-state index in [1.54, 1.807) is 4.57 Å². The molecule has 2 aromatic rings. The summed E-state index contributed by atoms with van der Waals surface area (Å²) in [5, 5.41) is 12.7. The van der Waals surface area contributed by atoms with Crippen LogP contribution in [0.5, 0.6) is 0 Å². The van der Waals surface area contributed by atoms with Crippen LogP contribution in [-0.4, -0.2) is 38.8 Å². The van der Waals surface area contributed by atoms with Crippen molar-refractivity contribution in [3.8, 4) is 0 Å². The van der Waals surface area contributed by atoms with Crippen LogP contribution >= 0.6 is 11.8 Å². The van der Waals surface area contributed by atoms with Crippen LogP contribution in [-0.2, 0) is 16.1 Å². The van der Waals surface area contributed by atoms with Crippen LogP contribution in [0.25, 0.3) is 11.0 Å². The molecule has 122 valence electrons. The van der Waals surface area contributed by atoms with Crippen LogP contribution in [0, 0.1) is 5.92 Å². The molecule has 3 rings (SSSR count). The highest BCUT2D eigenvalue weighted by molar-refractivity contribution is 7.99. The van der Waals surface area contributed by atoms with Crippen LogP contribution in [0.2, 0.25) is 0 Å². The molecule has 7 heteroatoms. The van der Waals surface area contributed by atoms with Crippen molar-refractivity contribution in [2.24, 2.45) is 5.92 Å². The van der Waals surface area contributed by atoms with E-state index in [1.807, 2.05) is 24.3 Å². The second-order valence-corrected chi connectivity index (χ2v) is 6.69. The third kappa shape index (κ3) is 4.04. The van der Waals surface area contributed by atoms with Crippen molar-refractivity contribution in [3.05, 3.63) is 24.3 Å². The summed E-state index contributed by atoms with van der Waals surface area (Å²) < 4.78 is 1.73. The number of para-hydroxylation sites is 2. The summed E-state index contributed by atoms with van der Waals surface area (Å²) in [7, 11) is 0. The SMILES string of the molecule is O=C(O)Cn1c(SCCCNC(=O)C2CC2)nc2ccccc21. The molecule has 1 heterocycles. The van der Waals surface area contributed by atoms with E-state index in [1.165, 1.54) is 11.8 Å². The molecular weight excluding hydrogens is 314 g/mol. The van der Waals surface area contributed by atoms with Crippen LogP contribution in [0.15, 0.2) is 29.4 Å². The van der Waals surface area contributed by atoms with Gasteiger partial charge in [-0.1, -0.05) is 23.9 Å². The summed E-state index contributed by atoms with van der Waals surface area (Å²) in [6.45, 7) is 0.558. The van der Waals surface area contributed by atoms with Crippen molar-refractivity contribution >= 4 is 34.7 Å². The Morgan fingerprint density at radius 2 is 2.13 bits per heavy atom. The summed E-state index contributed by atoms with van der Waals surface area (Å²) in [4.78, 5) is 27.1. The fourth-order valence-corrected chi connectivity index (χ4v) is 3.34. The number of carboxylic acid groups (broad SMARTS) is 1. The quantitative estimate of drug-likeness (QED) is 0.571. The van der Waals surface area contributed by atoms with Crippen molar-refractivity contribution in [1.82, 2.24) is 14.9 Å². The summed E-state index contributed by atoms with van der Waals surface area (Å²) in [5.74, 6) is 0.302. The van der Waals surface area contributed by atoms with Crippen LogP contribution < -0.4 is 5.32 Å². The minimum atomic E-state index is -0.883. The Kier molecular flexibility index (Phi) is 4.85. The van der Waals surface area contributed by atoms with Crippen molar-refractivity contribution < 1.29 is 14.7 Å². The Balaban J connectivity index is 1.57. The Labute approximate surface area is 138 Å². The lowest BCUT2D eigenvalue weighted by atomic mass is 10.3. The van der Waals surface area contributed by atoms with Gasteiger partial charge in [-0.15, -0.1) is 0 Å². The van der Waals surface area contributed by atoms with Crippen molar-refractivity contribution in [1.29, 1.82) is 0 Å². The number of benzene rings is 1. The zero-order chi connectivity index (χ0) is 16.2. The fourth-order valence-electron chi connectivity index (χ4n) is 2.39. The van der Waals surface area contributed by atoms with Crippen molar-refractivity contribution in [2.75, 3.05) is 12.3 Å². The predicted octanol–water partition coefficient (Wildman–Crippen LogP) is 2.13. The minimum Gasteiger partial charge on any atom is -0.480 e. The smallest absolute Gasteiger partial charge is 0.323 e. The highest BCUT2D eigenvalue weighted by Gasteiger charge is 2.28. The molecule has 0 saturated heterocycles. The summed E-state index contributed by atoms with van der Waals surface area (Å²) >= 11 is 1.53. The third-order valence-corrected chi connectivity index (χ3v) is 4.78. The van der Waals surface area contributed by atoms with Gasteiger partial charge in [0, 0.05) is 18.2 Å². The normalized spacial score (nSPS) is 14.1. The van der Waals surface area contributed by atoms with Crippen LogP contribution in [0.1, 0.15) is 19.3 Å². The predicted molar refractivity (Wildman–Crippen MR) is 88.4 cm³/mol. The number of fused-ring (bicyclic) bond motifs is 1. The van der Waals surface area contributed by atoms with E-state index in [9.17, 15) is 9.59 Å². The molecule has 0 spiro atoms. The first-order valence-corrected chi connectivity index (χ1v) is 8.71. The second-order valence-electron chi connectivity index (χ2n) is 5.63. The summed E-state index contributed by atoms with van der Waals surface area (Å²) in [6, 6.07) is 7.53. The average molecular weight is 333 g/mol. The Morgan fingerprint density at radius 1 is 1.35 bits per heavy atom.